The van der Waals surface area contributed by atoms with Crippen LogP contribution < -0.4 is 10.2 Å². The monoisotopic (exact) mass is 522 g/mol. The number of primary amides is 1. The molecule has 0 unspecified atom stereocenters. The summed E-state index contributed by atoms with van der Waals surface area (Å²) in [7, 11) is -3.52. The van der Waals surface area contributed by atoms with Crippen molar-refractivity contribution in [3.05, 3.63) is 53.6 Å². The quantitative estimate of drug-likeness (QED) is 0.473. The van der Waals surface area contributed by atoms with Gasteiger partial charge >= 0.3 is 0 Å². The minimum absolute atomic E-state index is 0.00577. The molecule has 2 N–H and O–H groups in total. The zero-order valence-corrected chi connectivity index (χ0v) is 20.5. The Bertz CT molecular complexity index is 1320. The number of rotatable bonds is 7. The van der Waals surface area contributed by atoms with Crippen LogP contribution in [0.1, 0.15) is 27.1 Å². The number of ether oxygens (including phenoxy) is 1. The number of hydrogen-bond acceptors (Lipinski definition) is 8. The molecule has 0 saturated carbocycles. The third kappa shape index (κ3) is 5.39. The maximum atomic E-state index is 12.9. The summed E-state index contributed by atoms with van der Waals surface area (Å²) in [5.74, 6) is -1.42. The van der Waals surface area contributed by atoms with Crippen molar-refractivity contribution in [2.75, 3.05) is 43.0 Å². The Kier molecular flexibility index (Phi) is 7.48. The third-order valence-electron chi connectivity index (χ3n) is 5.47. The summed E-state index contributed by atoms with van der Waals surface area (Å²) in [4.78, 5) is 31.2. The average molecular weight is 523 g/mol. The van der Waals surface area contributed by atoms with Crippen molar-refractivity contribution < 1.29 is 22.7 Å². The predicted octanol–water partition coefficient (Wildman–Crippen LogP) is 2.69. The number of thiazole rings is 1. The van der Waals surface area contributed by atoms with Gasteiger partial charge in [-0.3, -0.25) is 14.5 Å². The van der Waals surface area contributed by atoms with E-state index < -0.39 is 21.7 Å². The first-order valence-electron chi connectivity index (χ1n) is 10.6. The van der Waals surface area contributed by atoms with Gasteiger partial charge in [-0.2, -0.15) is 4.42 Å². The standard InChI is InChI=1S/C22H23ClN4O5S2/c23-27(21(29)17-5-2-1-4-16(17)20(24)28)22-25-18-7-6-15(14-19(18)33-22)34(30,31)13-10-26-8-3-11-32-12-9-26/h1-2,4-7,14H,3,8-13H2,(H2,24,28). The van der Waals surface area contributed by atoms with Gasteiger partial charge in [-0.15, -0.1) is 0 Å². The molecule has 1 aromatic heterocycles. The fraction of sp³-hybridized carbons (Fsp3) is 0.318. The van der Waals surface area contributed by atoms with Crippen LogP contribution in [-0.2, 0) is 14.6 Å². The van der Waals surface area contributed by atoms with E-state index >= 15 is 0 Å². The lowest BCUT2D eigenvalue weighted by molar-refractivity contribution is 0.0970. The molecule has 1 aliphatic rings. The van der Waals surface area contributed by atoms with Crippen molar-refractivity contribution >= 4 is 60.1 Å². The number of carbonyl (C=O) groups is 2. The van der Waals surface area contributed by atoms with Crippen molar-refractivity contribution in [1.82, 2.24) is 9.88 Å². The summed E-state index contributed by atoms with van der Waals surface area (Å²) < 4.78 is 32.7. The first kappa shape index (κ1) is 24.6. The van der Waals surface area contributed by atoms with E-state index in [1.807, 2.05) is 0 Å². The Balaban J connectivity index is 1.53. The van der Waals surface area contributed by atoms with Crippen LogP contribution in [-0.4, -0.2) is 68.7 Å². The Morgan fingerprint density at radius 2 is 1.91 bits per heavy atom. The highest BCUT2D eigenvalue weighted by atomic mass is 35.5. The molecule has 180 valence electrons. The van der Waals surface area contributed by atoms with Crippen LogP contribution in [0.15, 0.2) is 47.4 Å². The molecular formula is C22H23ClN4O5S2. The van der Waals surface area contributed by atoms with E-state index in [1.54, 1.807) is 24.3 Å². The normalized spacial score (nSPS) is 15.2. The molecule has 2 amide bonds. The molecule has 0 spiro atoms. The van der Waals surface area contributed by atoms with Crippen LogP contribution in [0.4, 0.5) is 5.13 Å². The molecule has 9 nitrogen and oxygen atoms in total. The lowest BCUT2D eigenvalue weighted by Gasteiger charge is -2.18. The van der Waals surface area contributed by atoms with E-state index in [1.165, 1.54) is 18.2 Å². The molecule has 0 bridgehead atoms. The van der Waals surface area contributed by atoms with Gasteiger partial charge in [-0.1, -0.05) is 23.5 Å². The number of amides is 2. The fourth-order valence-electron chi connectivity index (χ4n) is 3.64. The number of carbonyl (C=O) groups excluding carboxylic acids is 2. The molecule has 1 aliphatic heterocycles. The van der Waals surface area contributed by atoms with Gasteiger partial charge in [0, 0.05) is 38.0 Å². The second kappa shape index (κ2) is 10.4. The number of hydrogen-bond donors (Lipinski definition) is 1. The number of benzene rings is 2. The Morgan fingerprint density at radius 3 is 2.68 bits per heavy atom. The van der Waals surface area contributed by atoms with Gasteiger partial charge in [0.15, 0.2) is 9.84 Å². The second-order valence-corrected chi connectivity index (χ2v) is 11.2. The predicted molar refractivity (Wildman–Crippen MR) is 131 cm³/mol. The van der Waals surface area contributed by atoms with Gasteiger partial charge in [-0.05, 0) is 36.8 Å². The molecule has 12 heteroatoms. The van der Waals surface area contributed by atoms with Gasteiger partial charge in [0.25, 0.3) is 5.91 Å². The Labute approximate surface area is 206 Å². The number of anilines is 1. The van der Waals surface area contributed by atoms with Gasteiger partial charge < -0.3 is 10.5 Å². The van der Waals surface area contributed by atoms with Crippen LogP contribution in [0.25, 0.3) is 10.2 Å². The van der Waals surface area contributed by atoms with Gasteiger partial charge in [-0.25, -0.2) is 13.4 Å². The number of sulfone groups is 1. The van der Waals surface area contributed by atoms with E-state index in [-0.39, 0.29) is 26.9 Å². The highest BCUT2D eigenvalue weighted by molar-refractivity contribution is 7.91. The smallest absolute Gasteiger partial charge is 0.275 e. The van der Waals surface area contributed by atoms with Crippen LogP contribution in [0.3, 0.4) is 0 Å². The number of halogens is 1. The summed E-state index contributed by atoms with van der Waals surface area (Å²) in [6.07, 6.45) is 0.882. The maximum Gasteiger partial charge on any atom is 0.275 e. The van der Waals surface area contributed by atoms with E-state index in [9.17, 15) is 18.0 Å². The molecular weight excluding hydrogens is 500 g/mol. The van der Waals surface area contributed by atoms with Gasteiger partial charge in [0.1, 0.15) is 0 Å². The molecule has 1 saturated heterocycles. The minimum atomic E-state index is -3.52. The zero-order valence-electron chi connectivity index (χ0n) is 18.1. The van der Waals surface area contributed by atoms with Crippen LogP contribution in [0.5, 0.6) is 0 Å². The molecule has 0 atom stereocenters. The maximum absolute atomic E-state index is 12.9. The molecule has 1 fully saturated rings. The lowest BCUT2D eigenvalue weighted by atomic mass is 10.1. The number of fused-ring (bicyclic) bond motifs is 1. The first-order valence-corrected chi connectivity index (χ1v) is 13.4. The SMILES string of the molecule is NC(=O)c1ccccc1C(=O)N(Cl)c1nc2ccc(S(=O)(=O)CCN3CCCOCC3)cc2s1. The molecule has 3 aromatic rings. The average Bonchev–Trinajstić information content (AvgIpc) is 3.08. The topological polar surface area (TPSA) is 123 Å². The molecule has 0 radical (unpaired) electrons. The molecule has 4 rings (SSSR count). The van der Waals surface area contributed by atoms with Crippen molar-refractivity contribution in [2.45, 2.75) is 11.3 Å². The number of aromatic nitrogens is 1. The summed E-state index contributed by atoms with van der Waals surface area (Å²) >= 11 is 7.34. The largest absolute Gasteiger partial charge is 0.380 e. The molecule has 2 aromatic carbocycles. The third-order valence-corrected chi connectivity index (χ3v) is 8.58. The van der Waals surface area contributed by atoms with Crippen LogP contribution >= 0.6 is 23.1 Å². The second-order valence-electron chi connectivity index (χ2n) is 7.75. The summed E-state index contributed by atoms with van der Waals surface area (Å²) in [5.41, 5.74) is 5.96. The zero-order chi connectivity index (χ0) is 24.3. The van der Waals surface area contributed by atoms with E-state index in [4.69, 9.17) is 22.2 Å². The fourth-order valence-corrected chi connectivity index (χ4v) is 6.16. The van der Waals surface area contributed by atoms with Crippen molar-refractivity contribution in [1.29, 1.82) is 0 Å². The molecule has 2 heterocycles. The van der Waals surface area contributed by atoms with Gasteiger partial charge in [0.05, 0.1) is 38.6 Å². The summed E-state index contributed by atoms with van der Waals surface area (Å²) in [5, 5.41) is 0.153. The molecule has 34 heavy (non-hydrogen) atoms. The first-order chi connectivity index (χ1) is 16.3. The molecule has 0 aliphatic carbocycles. The van der Waals surface area contributed by atoms with Crippen molar-refractivity contribution in [2.24, 2.45) is 5.73 Å². The van der Waals surface area contributed by atoms with E-state index in [0.29, 0.717) is 36.5 Å². The van der Waals surface area contributed by atoms with Gasteiger partial charge in [0.2, 0.25) is 11.0 Å². The lowest BCUT2D eigenvalue weighted by Crippen LogP contribution is -2.31. The van der Waals surface area contributed by atoms with Crippen LogP contribution in [0, 0.1) is 0 Å². The Hall–Kier alpha value is -2.57. The van der Waals surface area contributed by atoms with Crippen molar-refractivity contribution in [3.63, 3.8) is 0 Å². The van der Waals surface area contributed by atoms with Crippen molar-refractivity contribution in [3.8, 4) is 0 Å². The number of nitrogens with zero attached hydrogens (tertiary/aromatic N) is 3. The van der Waals surface area contributed by atoms with Crippen LogP contribution in [0.2, 0.25) is 0 Å². The highest BCUT2D eigenvalue weighted by Crippen LogP contribution is 2.33. The Morgan fingerprint density at radius 1 is 1.15 bits per heavy atom. The highest BCUT2D eigenvalue weighted by Gasteiger charge is 2.24. The number of nitrogens with two attached hydrogens (primary N) is 1. The van der Waals surface area contributed by atoms with E-state index in [0.717, 1.165) is 28.7 Å². The summed E-state index contributed by atoms with van der Waals surface area (Å²) in [6, 6.07) is 10.7. The van der Waals surface area contributed by atoms with E-state index in [2.05, 4.69) is 9.88 Å². The minimum Gasteiger partial charge on any atom is -0.380 e. The summed E-state index contributed by atoms with van der Waals surface area (Å²) in [6.45, 7) is 3.26.